The van der Waals surface area contributed by atoms with Crippen LogP contribution in [0, 0.1) is 6.92 Å². The molecule has 0 aliphatic heterocycles. The van der Waals surface area contributed by atoms with Gasteiger partial charge in [0, 0.05) is 24.2 Å². The lowest BCUT2D eigenvalue weighted by Gasteiger charge is -2.27. The van der Waals surface area contributed by atoms with Gasteiger partial charge in [-0.05, 0) is 56.5 Å². The first-order valence-corrected chi connectivity index (χ1v) is 7.23. The lowest BCUT2D eigenvalue weighted by Crippen LogP contribution is -2.38. The first kappa shape index (κ1) is 17.0. The van der Waals surface area contributed by atoms with E-state index in [0.717, 1.165) is 23.6 Å². The van der Waals surface area contributed by atoms with Gasteiger partial charge in [0.25, 0.3) is 5.91 Å². The Morgan fingerprint density at radius 3 is 2.48 bits per heavy atom. The molecule has 1 aromatic rings. The highest BCUT2D eigenvalue weighted by molar-refractivity contribution is 5.95. The number of rotatable bonds is 6. The Morgan fingerprint density at radius 1 is 1.33 bits per heavy atom. The smallest absolute Gasteiger partial charge is 0.328 e. The number of carbonyl (C=O) groups excluding carboxylic acids is 1. The summed E-state index contributed by atoms with van der Waals surface area (Å²) in [5.74, 6) is -0.966. The topological polar surface area (TPSA) is 57.6 Å². The molecule has 1 rings (SSSR count). The molecule has 114 valence electrons. The molecule has 0 saturated carbocycles. The highest BCUT2D eigenvalue weighted by atomic mass is 16.4. The van der Waals surface area contributed by atoms with Crippen LogP contribution in [-0.2, 0) is 4.79 Å². The van der Waals surface area contributed by atoms with Crippen molar-refractivity contribution in [2.45, 2.75) is 40.2 Å². The van der Waals surface area contributed by atoms with Crippen LogP contribution in [0.15, 0.2) is 24.3 Å². The fraction of sp³-hybridized carbons (Fsp3) is 0.412. The number of carboxylic acids is 1. The number of hydrogen-bond acceptors (Lipinski definition) is 2. The van der Waals surface area contributed by atoms with E-state index in [1.54, 1.807) is 12.1 Å². The summed E-state index contributed by atoms with van der Waals surface area (Å²) in [7, 11) is 0. The second kappa shape index (κ2) is 7.62. The highest BCUT2D eigenvalue weighted by Gasteiger charge is 2.18. The summed E-state index contributed by atoms with van der Waals surface area (Å²) in [6.45, 7) is 8.62. The largest absolute Gasteiger partial charge is 0.478 e. The third-order valence-corrected chi connectivity index (χ3v) is 3.65. The van der Waals surface area contributed by atoms with Gasteiger partial charge in [-0.1, -0.05) is 13.0 Å². The molecule has 0 aliphatic carbocycles. The molecular formula is C17H23NO3. The van der Waals surface area contributed by atoms with Gasteiger partial charge in [-0.15, -0.1) is 0 Å². The van der Waals surface area contributed by atoms with E-state index in [4.69, 9.17) is 5.11 Å². The molecule has 0 fully saturated rings. The van der Waals surface area contributed by atoms with Crippen molar-refractivity contribution in [1.29, 1.82) is 0 Å². The van der Waals surface area contributed by atoms with Gasteiger partial charge in [-0.2, -0.15) is 0 Å². The molecule has 4 nitrogen and oxygen atoms in total. The molecule has 0 saturated heterocycles. The van der Waals surface area contributed by atoms with Crippen LogP contribution in [0.25, 0.3) is 6.08 Å². The number of carboxylic acid groups (broad SMARTS) is 1. The van der Waals surface area contributed by atoms with Gasteiger partial charge >= 0.3 is 5.97 Å². The maximum Gasteiger partial charge on any atom is 0.328 e. The van der Waals surface area contributed by atoms with Crippen LogP contribution in [0.4, 0.5) is 0 Å². The number of carbonyl (C=O) groups is 2. The zero-order chi connectivity index (χ0) is 16.0. The van der Waals surface area contributed by atoms with Crippen LogP contribution < -0.4 is 0 Å². The van der Waals surface area contributed by atoms with Gasteiger partial charge in [-0.3, -0.25) is 4.79 Å². The predicted molar refractivity (Wildman–Crippen MR) is 84.3 cm³/mol. The summed E-state index contributed by atoms with van der Waals surface area (Å²) in [6, 6.07) is 5.55. The number of aliphatic carboxylic acids is 1. The molecule has 1 N–H and O–H groups in total. The minimum Gasteiger partial charge on any atom is -0.478 e. The van der Waals surface area contributed by atoms with Crippen LogP contribution in [0.5, 0.6) is 0 Å². The second-order valence-corrected chi connectivity index (χ2v) is 5.09. The van der Waals surface area contributed by atoms with E-state index < -0.39 is 5.97 Å². The van der Waals surface area contributed by atoms with Crippen molar-refractivity contribution < 1.29 is 14.7 Å². The van der Waals surface area contributed by atoms with E-state index in [2.05, 4.69) is 6.92 Å². The van der Waals surface area contributed by atoms with Gasteiger partial charge in [-0.25, -0.2) is 4.79 Å². The van der Waals surface area contributed by atoms with Crippen molar-refractivity contribution in [3.8, 4) is 0 Å². The zero-order valence-corrected chi connectivity index (χ0v) is 13.1. The molecule has 0 heterocycles. The van der Waals surface area contributed by atoms with Crippen molar-refractivity contribution in [3.05, 3.63) is 41.0 Å². The number of aryl methyl sites for hydroxylation is 1. The van der Waals surface area contributed by atoms with Crippen molar-refractivity contribution >= 4 is 18.0 Å². The van der Waals surface area contributed by atoms with E-state index >= 15 is 0 Å². The van der Waals surface area contributed by atoms with Crippen molar-refractivity contribution in [1.82, 2.24) is 4.90 Å². The maximum absolute atomic E-state index is 12.5. The van der Waals surface area contributed by atoms with Crippen LogP contribution in [0.2, 0.25) is 0 Å². The Morgan fingerprint density at radius 2 is 2.00 bits per heavy atom. The monoisotopic (exact) mass is 289 g/mol. The van der Waals surface area contributed by atoms with Crippen molar-refractivity contribution in [2.75, 3.05) is 6.54 Å². The minimum atomic E-state index is -0.983. The maximum atomic E-state index is 12.5. The molecule has 0 aliphatic rings. The van der Waals surface area contributed by atoms with E-state index in [1.165, 1.54) is 6.08 Å². The van der Waals surface area contributed by atoms with Gasteiger partial charge in [0.05, 0.1) is 0 Å². The fourth-order valence-corrected chi connectivity index (χ4v) is 2.20. The quantitative estimate of drug-likeness (QED) is 0.817. The summed E-state index contributed by atoms with van der Waals surface area (Å²) >= 11 is 0. The van der Waals surface area contributed by atoms with Crippen molar-refractivity contribution in [3.63, 3.8) is 0 Å². The number of hydrogen-bond donors (Lipinski definition) is 1. The lowest BCUT2D eigenvalue weighted by molar-refractivity contribution is -0.131. The Balaban J connectivity index is 3.02. The third-order valence-electron chi connectivity index (χ3n) is 3.65. The Kier molecular flexibility index (Phi) is 6.15. The Bertz CT molecular complexity index is 549. The minimum absolute atomic E-state index is 0.0173. The first-order valence-electron chi connectivity index (χ1n) is 7.23. The van der Waals surface area contributed by atoms with E-state index in [9.17, 15) is 9.59 Å². The molecule has 0 spiro atoms. The van der Waals surface area contributed by atoms with E-state index in [0.29, 0.717) is 12.1 Å². The van der Waals surface area contributed by atoms with E-state index in [-0.39, 0.29) is 11.9 Å². The molecule has 1 aromatic carbocycles. The molecule has 1 atom stereocenters. The molecule has 1 amide bonds. The number of benzene rings is 1. The Hall–Kier alpha value is -2.10. The lowest BCUT2D eigenvalue weighted by atomic mass is 10.0. The van der Waals surface area contributed by atoms with Gasteiger partial charge in [0.1, 0.15) is 0 Å². The van der Waals surface area contributed by atoms with Gasteiger partial charge < -0.3 is 10.0 Å². The fourth-order valence-electron chi connectivity index (χ4n) is 2.20. The summed E-state index contributed by atoms with van der Waals surface area (Å²) in [6.07, 6.45) is 3.55. The first-order chi connectivity index (χ1) is 9.90. The summed E-state index contributed by atoms with van der Waals surface area (Å²) < 4.78 is 0. The average molecular weight is 289 g/mol. The predicted octanol–water partition coefficient (Wildman–Crippen LogP) is 3.35. The molecule has 1 unspecified atom stereocenters. The molecule has 0 bridgehead atoms. The van der Waals surface area contributed by atoms with Crippen LogP contribution >= 0.6 is 0 Å². The standard InChI is InChI=1S/C17H23NO3/c1-5-13(4)18(6-2)17(21)15-8-7-14(12(3)11-15)9-10-16(19)20/h7-11,13H,5-6H2,1-4H3,(H,19,20)/b10-9+. The molecule has 0 radical (unpaired) electrons. The highest BCUT2D eigenvalue weighted by Crippen LogP contribution is 2.16. The van der Waals surface area contributed by atoms with Gasteiger partial charge in [0.15, 0.2) is 0 Å². The molecule has 21 heavy (non-hydrogen) atoms. The zero-order valence-electron chi connectivity index (χ0n) is 13.1. The summed E-state index contributed by atoms with van der Waals surface area (Å²) in [5, 5.41) is 8.65. The second-order valence-electron chi connectivity index (χ2n) is 5.09. The third kappa shape index (κ3) is 4.45. The SMILES string of the molecule is CCC(C)N(CC)C(=O)c1ccc(/C=C/C(=O)O)c(C)c1. The Labute approximate surface area is 126 Å². The summed E-state index contributed by atoms with van der Waals surface area (Å²) in [4.78, 5) is 24.9. The molecule has 4 heteroatoms. The van der Waals surface area contributed by atoms with Crippen LogP contribution in [0.1, 0.15) is 48.7 Å². The average Bonchev–Trinajstić information content (AvgIpc) is 2.46. The normalized spacial score (nSPS) is 12.4. The van der Waals surface area contributed by atoms with Gasteiger partial charge in [0.2, 0.25) is 0 Å². The van der Waals surface area contributed by atoms with Crippen LogP contribution in [-0.4, -0.2) is 34.5 Å². The van der Waals surface area contributed by atoms with E-state index in [1.807, 2.05) is 31.7 Å². The van der Waals surface area contributed by atoms with Crippen molar-refractivity contribution in [2.24, 2.45) is 0 Å². The molecule has 0 aromatic heterocycles. The number of amides is 1. The van der Waals surface area contributed by atoms with Crippen LogP contribution in [0.3, 0.4) is 0 Å². The molecular weight excluding hydrogens is 266 g/mol. The number of nitrogens with zero attached hydrogens (tertiary/aromatic N) is 1. The summed E-state index contributed by atoms with van der Waals surface area (Å²) in [5.41, 5.74) is 2.33.